The van der Waals surface area contributed by atoms with E-state index in [1.807, 2.05) is 35.9 Å². The first-order valence-electron chi connectivity index (χ1n) is 7.08. The average molecular weight is 350 g/mol. The first-order valence-corrected chi connectivity index (χ1v) is 8.94. The molecular weight excluding hydrogens is 334 g/mol. The molecule has 1 aromatic heterocycles. The zero-order valence-electron chi connectivity index (χ0n) is 12.7. The Hall–Kier alpha value is -1.89. The van der Waals surface area contributed by atoms with Gasteiger partial charge in [0.25, 0.3) is 0 Å². The first-order chi connectivity index (χ1) is 10.9. The van der Waals surface area contributed by atoms with Crippen LogP contribution in [0.1, 0.15) is 18.8 Å². The number of para-hydroxylation sites is 2. The summed E-state index contributed by atoms with van der Waals surface area (Å²) in [6.45, 7) is 1.77. The summed E-state index contributed by atoms with van der Waals surface area (Å²) < 4.78 is 29.5. The number of sulfonamides is 1. The smallest absolute Gasteiger partial charge is 0.241 e. The normalized spacial score (nSPS) is 13.3. The van der Waals surface area contributed by atoms with Gasteiger partial charge in [-0.15, -0.1) is 0 Å². The van der Waals surface area contributed by atoms with Gasteiger partial charge in [0.2, 0.25) is 10.0 Å². The van der Waals surface area contributed by atoms with Gasteiger partial charge in [-0.3, -0.25) is 0 Å². The second-order valence-electron chi connectivity index (χ2n) is 5.31. The Kier molecular flexibility index (Phi) is 4.14. The minimum Gasteiger partial charge on any atom is -0.330 e. The number of fused-ring (bicyclic) bond motifs is 1. The summed E-state index contributed by atoms with van der Waals surface area (Å²) in [6.07, 6.45) is 0. The van der Waals surface area contributed by atoms with Gasteiger partial charge in [-0.25, -0.2) is 18.1 Å². The maximum atomic E-state index is 12.5. The Bertz CT molecular complexity index is 949. The lowest BCUT2D eigenvalue weighted by molar-refractivity contribution is 0.555. The Morgan fingerprint density at radius 2 is 1.78 bits per heavy atom. The molecule has 1 N–H and O–H groups in total. The second-order valence-corrected chi connectivity index (χ2v) is 7.47. The van der Waals surface area contributed by atoms with Crippen LogP contribution in [0.4, 0.5) is 0 Å². The molecule has 1 atom stereocenters. The van der Waals surface area contributed by atoms with Crippen LogP contribution in [0.5, 0.6) is 0 Å². The molecule has 0 aliphatic heterocycles. The summed E-state index contributed by atoms with van der Waals surface area (Å²) in [5.74, 6) is 0.656. The van der Waals surface area contributed by atoms with E-state index in [1.54, 1.807) is 19.1 Å². The van der Waals surface area contributed by atoms with Gasteiger partial charge in [0.1, 0.15) is 5.82 Å². The van der Waals surface area contributed by atoms with Crippen LogP contribution in [0.25, 0.3) is 11.0 Å². The number of aryl methyl sites for hydroxylation is 1. The minimum atomic E-state index is -3.64. The van der Waals surface area contributed by atoms with Gasteiger partial charge in [0.15, 0.2) is 0 Å². The fraction of sp³-hybridized carbons (Fsp3) is 0.188. The molecule has 0 spiro atoms. The summed E-state index contributed by atoms with van der Waals surface area (Å²) in [5, 5.41) is 0.493. The third-order valence-corrected chi connectivity index (χ3v) is 5.47. The minimum absolute atomic E-state index is 0.174. The highest BCUT2D eigenvalue weighted by atomic mass is 35.5. The molecule has 3 aromatic rings. The van der Waals surface area contributed by atoms with E-state index in [4.69, 9.17) is 11.6 Å². The quantitative estimate of drug-likeness (QED) is 0.786. The number of rotatable bonds is 4. The monoisotopic (exact) mass is 349 g/mol. The predicted molar refractivity (Wildman–Crippen MR) is 90.9 cm³/mol. The third kappa shape index (κ3) is 3.10. The standard InChI is InChI=1S/C16H16ClN3O2S/c1-11(16-18-14-5-3-4-6-15(14)20(16)2)19-23(21,22)13-9-7-12(17)8-10-13/h3-11,19H,1-2H3. The van der Waals surface area contributed by atoms with Crippen LogP contribution in [-0.4, -0.2) is 18.0 Å². The van der Waals surface area contributed by atoms with E-state index in [9.17, 15) is 8.42 Å². The van der Waals surface area contributed by atoms with E-state index in [0.717, 1.165) is 11.0 Å². The van der Waals surface area contributed by atoms with Crippen molar-refractivity contribution in [1.82, 2.24) is 14.3 Å². The molecule has 23 heavy (non-hydrogen) atoms. The van der Waals surface area contributed by atoms with Gasteiger partial charge in [0.05, 0.1) is 22.0 Å². The molecule has 1 unspecified atom stereocenters. The molecule has 0 bridgehead atoms. The van der Waals surface area contributed by atoms with Crippen LogP contribution in [0.3, 0.4) is 0 Å². The molecule has 2 aromatic carbocycles. The largest absolute Gasteiger partial charge is 0.330 e. The van der Waals surface area contributed by atoms with Crippen molar-refractivity contribution in [1.29, 1.82) is 0 Å². The fourth-order valence-corrected chi connectivity index (χ4v) is 3.85. The molecule has 0 fully saturated rings. The molecule has 1 heterocycles. The SMILES string of the molecule is CC(NS(=O)(=O)c1ccc(Cl)cc1)c1nc2ccccc2n1C. The van der Waals surface area contributed by atoms with E-state index in [0.29, 0.717) is 10.8 Å². The highest BCUT2D eigenvalue weighted by Gasteiger charge is 2.21. The van der Waals surface area contributed by atoms with Crippen LogP contribution in [0.2, 0.25) is 5.02 Å². The average Bonchev–Trinajstić information content (AvgIpc) is 2.85. The molecule has 7 heteroatoms. The van der Waals surface area contributed by atoms with Gasteiger partial charge in [-0.05, 0) is 43.3 Å². The van der Waals surface area contributed by atoms with Crippen LogP contribution < -0.4 is 4.72 Å². The Labute approximate surface area is 140 Å². The van der Waals surface area contributed by atoms with Crippen LogP contribution in [-0.2, 0) is 17.1 Å². The van der Waals surface area contributed by atoms with Crippen LogP contribution in [0, 0.1) is 0 Å². The number of hydrogen-bond acceptors (Lipinski definition) is 3. The van der Waals surface area contributed by atoms with Gasteiger partial charge < -0.3 is 4.57 Å². The lowest BCUT2D eigenvalue weighted by atomic mass is 10.3. The number of benzene rings is 2. The van der Waals surface area contributed by atoms with Crippen molar-refractivity contribution in [3.63, 3.8) is 0 Å². The molecular formula is C16H16ClN3O2S. The predicted octanol–water partition coefficient (Wildman–Crippen LogP) is 3.27. The summed E-state index contributed by atoms with van der Waals surface area (Å²) in [7, 11) is -1.77. The van der Waals surface area contributed by atoms with E-state index < -0.39 is 16.1 Å². The molecule has 0 aliphatic rings. The van der Waals surface area contributed by atoms with Crippen molar-refractivity contribution in [2.45, 2.75) is 17.9 Å². The van der Waals surface area contributed by atoms with Crippen molar-refractivity contribution in [2.24, 2.45) is 7.05 Å². The van der Waals surface area contributed by atoms with Gasteiger partial charge in [0, 0.05) is 12.1 Å². The lowest BCUT2D eigenvalue weighted by Gasteiger charge is -2.14. The van der Waals surface area contributed by atoms with E-state index >= 15 is 0 Å². The van der Waals surface area contributed by atoms with Gasteiger partial charge >= 0.3 is 0 Å². The molecule has 0 radical (unpaired) electrons. The molecule has 0 saturated carbocycles. The van der Waals surface area contributed by atoms with Crippen molar-refractivity contribution >= 4 is 32.7 Å². The van der Waals surface area contributed by atoms with Crippen molar-refractivity contribution < 1.29 is 8.42 Å². The molecule has 0 saturated heterocycles. The van der Waals surface area contributed by atoms with Crippen LogP contribution >= 0.6 is 11.6 Å². The summed E-state index contributed by atoms with van der Waals surface area (Å²) >= 11 is 5.80. The van der Waals surface area contributed by atoms with Crippen molar-refractivity contribution in [2.75, 3.05) is 0 Å². The molecule has 120 valence electrons. The maximum absolute atomic E-state index is 12.5. The third-order valence-electron chi connectivity index (χ3n) is 3.66. The summed E-state index contributed by atoms with van der Waals surface area (Å²) in [6, 6.07) is 13.3. The Morgan fingerprint density at radius 3 is 2.43 bits per heavy atom. The molecule has 5 nitrogen and oxygen atoms in total. The maximum Gasteiger partial charge on any atom is 0.241 e. The van der Waals surface area contributed by atoms with Gasteiger partial charge in [-0.2, -0.15) is 0 Å². The number of nitrogens with one attached hydrogen (secondary N) is 1. The Balaban J connectivity index is 1.92. The van der Waals surface area contributed by atoms with E-state index in [2.05, 4.69) is 9.71 Å². The highest BCUT2D eigenvalue weighted by Crippen LogP contribution is 2.21. The number of aromatic nitrogens is 2. The topological polar surface area (TPSA) is 64.0 Å². The van der Waals surface area contributed by atoms with Crippen molar-refractivity contribution in [3.05, 3.63) is 59.4 Å². The Morgan fingerprint density at radius 1 is 1.13 bits per heavy atom. The highest BCUT2D eigenvalue weighted by molar-refractivity contribution is 7.89. The van der Waals surface area contributed by atoms with E-state index in [1.165, 1.54) is 12.1 Å². The number of halogens is 1. The molecule has 0 aliphatic carbocycles. The summed E-state index contributed by atoms with van der Waals surface area (Å²) in [5.41, 5.74) is 1.79. The second kappa shape index (κ2) is 5.96. The van der Waals surface area contributed by atoms with Crippen LogP contribution in [0.15, 0.2) is 53.4 Å². The number of hydrogen-bond donors (Lipinski definition) is 1. The summed E-state index contributed by atoms with van der Waals surface area (Å²) in [4.78, 5) is 4.69. The first kappa shape index (κ1) is 16.0. The lowest BCUT2D eigenvalue weighted by Crippen LogP contribution is -2.28. The number of imidazole rings is 1. The number of nitrogens with zero attached hydrogens (tertiary/aromatic N) is 2. The van der Waals surface area contributed by atoms with E-state index in [-0.39, 0.29) is 4.90 Å². The van der Waals surface area contributed by atoms with Crippen molar-refractivity contribution in [3.8, 4) is 0 Å². The van der Waals surface area contributed by atoms with Gasteiger partial charge in [-0.1, -0.05) is 23.7 Å². The fourth-order valence-electron chi connectivity index (χ4n) is 2.52. The molecule has 3 rings (SSSR count). The zero-order valence-corrected chi connectivity index (χ0v) is 14.3. The zero-order chi connectivity index (χ0) is 16.6. The molecule has 0 amide bonds.